The Labute approximate surface area is 155 Å². The van der Waals surface area contributed by atoms with Crippen LogP contribution in [-0.4, -0.2) is 32.7 Å². The maximum absolute atomic E-state index is 11.5. The van der Waals surface area contributed by atoms with Crippen molar-refractivity contribution in [1.29, 1.82) is 0 Å². The number of hydrogen-bond acceptors (Lipinski definition) is 5. The fourth-order valence-corrected chi connectivity index (χ4v) is 2.72. The molecule has 0 aliphatic carbocycles. The number of phenolic OH excluding ortho intramolecular Hbond substituents is 1. The summed E-state index contributed by atoms with van der Waals surface area (Å²) >= 11 is 5.99. The molecule has 134 valence electrons. The van der Waals surface area contributed by atoms with E-state index >= 15 is 0 Å². The van der Waals surface area contributed by atoms with Gasteiger partial charge in [0.15, 0.2) is 0 Å². The van der Waals surface area contributed by atoms with Gasteiger partial charge in [-0.1, -0.05) is 24.2 Å². The normalized spacial score (nSPS) is 10.9. The minimum Gasteiger partial charge on any atom is -0.505 e. The second-order valence-electron chi connectivity index (χ2n) is 6.08. The van der Waals surface area contributed by atoms with Crippen molar-refractivity contribution in [2.75, 3.05) is 6.61 Å². The number of phenols is 1. The number of fused-ring (bicyclic) bond motifs is 1. The van der Waals surface area contributed by atoms with Crippen molar-refractivity contribution in [3.63, 3.8) is 0 Å². The largest absolute Gasteiger partial charge is 0.505 e. The molecule has 0 radical (unpaired) electrons. The molecular weight excluding hydrogens is 354 g/mol. The molecule has 3 aromatic rings. The molecule has 0 fully saturated rings. The average Bonchev–Trinajstić information content (AvgIpc) is 3.00. The van der Waals surface area contributed by atoms with E-state index in [2.05, 4.69) is 16.8 Å². The van der Waals surface area contributed by atoms with E-state index < -0.39 is 5.97 Å². The predicted molar refractivity (Wildman–Crippen MR) is 99.8 cm³/mol. The second kappa shape index (κ2) is 7.17. The van der Waals surface area contributed by atoms with E-state index in [1.54, 1.807) is 31.2 Å². The molecule has 0 aliphatic heterocycles. The first-order valence-electron chi connectivity index (χ1n) is 8.03. The Morgan fingerprint density at radius 2 is 2.00 bits per heavy atom. The maximum Gasteiger partial charge on any atom is 0.333 e. The Hall–Kier alpha value is -2.86. The highest BCUT2D eigenvalue weighted by Gasteiger charge is 2.14. The van der Waals surface area contributed by atoms with E-state index in [1.165, 1.54) is 4.80 Å². The number of esters is 1. The molecule has 7 heteroatoms. The third-order valence-corrected chi connectivity index (χ3v) is 4.06. The third-order valence-electron chi connectivity index (χ3n) is 3.82. The Morgan fingerprint density at radius 3 is 2.73 bits per heavy atom. The number of carbonyl (C=O) groups is 1. The molecule has 1 N–H and O–H groups in total. The molecule has 3 rings (SSSR count). The van der Waals surface area contributed by atoms with Crippen molar-refractivity contribution in [3.05, 3.63) is 58.6 Å². The van der Waals surface area contributed by atoms with Gasteiger partial charge < -0.3 is 9.84 Å². The summed E-state index contributed by atoms with van der Waals surface area (Å²) in [6.07, 6.45) is 0.367. The molecular formula is C19H18ClN3O3. The zero-order valence-corrected chi connectivity index (χ0v) is 15.2. The highest BCUT2D eigenvalue weighted by molar-refractivity contribution is 6.31. The minimum atomic E-state index is -0.450. The van der Waals surface area contributed by atoms with E-state index in [0.29, 0.717) is 39.3 Å². The topological polar surface area (TPSA) is 77.2 Å². The lowest BCUT2D eigenvalue weighted by Crippen LogP contribution is -2.09. The Balaban J connectivity index is 1.91. The Kier molecular flexibility index (Phi) is 4.95. The van der Waals surface area contributed by atoms with Crippen LogP contribution in [0.15, 0.2) is 42.5 Å². The predicted octanol–water partition coefficient (Wildman–Crippen LogP) is 3.75. The smallest absolute Gasteiger partial charge is 0.333 e. The highest BCUT2D eigenvalue weighted by Crippen LogP contribution is 2.28. The fraction of sp³-hybridized carbons (Fsp3) is 0.211. The van der Waals surface area contributed by atoms with Crippen molar-refractivity contribution in [2.24, 2.45) is 0 Å². The van der Waals surface area contributed by atoms with Gasteiger partial charge in [-0.05, 0) is 49.2 Å². The average molecular weight is 372 g/mol. The van der Waals surface area contributed by atoms with Crippen LogP contribution in [0.3, 0.4) is 0 Å². The van der Waals surface area contributed by atoms with E-state index in [-0.39, 0.29) is 12.4 Å². The molecule has 0 amide bonds. The number of aryl methyl sites for hydroxylation is 1. The number of aromatic nitrogens is 3. The van der Waals surface area contributed by atoms with E-state index in [1.807, 2.05) is 13.0 Å². The van der Waals surface area contributed by atoms with Crippen LogP contribution in [0.25, 0.3) is 16.7 Å². The molecule has 0 saturated carbocycles. The number of benzene rings is 2. The molecule has 1 aromatic heterocycles. The molecule has 0 spiro atoms. The molecule has 0 aliphatic rings. The number of hydrogen-bond donors (Lipinski definition) is 1. The summed E-state index contributed by atoms with van der Waals surface area (Å²) in [6.45, 7) is 7.18. The zero-order chi connectivity index (χ0) is 18.8. The van der Waals surface area contributed by atoms with Crippen molar-refractivity contribution in [2.45, 2.75) is 20.3 Å². The van der Waals surface area contributed by atoms with Gasteiger partial charge in [0, 0.05) is 17.0 Å². The Morgan fingerprint density at radius 1 is 1.27 bits per heavy atom. The second-order valence-corrected chi connectivity index (χ2v) is 6.52. The van der Waals surface area contributed by atoms with Crippen LogP contribution in [0.5, 0.6) is 5.75 Å². The number of carbonyl (C=O) groups excluding carboxylic acids is 1. The standard InChI is InChI=1S/C19H18ClN3O3/c1-11(2)19(25)26-7-6-13-8-12(3)9-17(18(13)24)23-21-15-5-4-14(20)10-16(15)22-23/h4-5,8-10,24H,1,6-7H2,2-3H3. The van der Waals surface area contributed by atoms with Crippen LogP contribution >= 0.6 is 11.6 Å². The van der Waals surface area contributed by atoms with Crippen molar-refractivity contribution < 1.29 is 14.6 Å². The molecule has 2 aromatic carbocycles. The molecule has 0 bridgehead atoms. The minimum absolute atomic E-state index is 0.0494. The molecule has 6 nitrogen and oxygen atoms in total. The number of halogens is 1. The number of aromatic hydroxyl groups is 1. The first-order valence-corrected chi connectivity index (χ1v) is 8.41. The lowest BCUT2D eigenvalue weighted by atomic mass is 10.1. The van der Waals surface area contributed by atoms with Gasteiger partial charge in [-0.3, -0.25) is 0 Å². The Bertz CT molecular complexity index is 1010. The zero-order valence-electron chi connectivity index (χ0n) is 14.5. The maximum atomic E-state index is 11.5. The van der Waals surface area contributed by atoms with Crippen LogP contribution in [-0.2, 0) is 16.0 Å². The number of nitrogens with zero attached hydrogens (tertiary/aromatic N) is 3. The monoisotopic (exact) mass is 371 g/mol. The van der Waals surface area contributed by atoms with E-state index in [0.717, 1.165) is 5.56 Å². The number of rotatable bonds is 5. The molecule has 0 unspecified atom stereocenters. The van der Waals surface area contributed by atoms with Crippen LogP contribution in [0, 0.1) is 6.92 Å². The van der Waals surface area contributed by atoms with Crippen molar-refractivity contribution >= 4 is 28.6 Å². The first-order chi connectivity index (χ1) is 12.3. The summed E-state index contributed by atoms with van der Waals surface area (Å²) in [5.74, 6) is -0.400. The molecule has 26 heavy (non-hydrogen) atoms. The van der Waals surface area contributed by atoms with Crippen LogP contribution in [0.1, 0.15) is 18.1 Å². The lowest BCUT2D eigenvalue weighted by Gasteiger charge is -2.11. The van der Waals surface area contributed by atoms with Gasteiger partial charge in [0.25, 0.3) is 0 Å². The van der Waals surface area contributed by atoms with Crippen molar-refractivity contribution in [3.8, 4) is 11.4 Å². The van der Waals surface area contributed by atoms with Gasteiger partial charge in [-0.15, -0.1) is 15.0 Å². The third kappa shape index (κ3) is 3.70. The number of ether oxygens (including phenoxy) is 1. The summed E-state index contributed by atoms with van der Waals surface area (Å²) in [5.41, 5.74) is 3.68. The van der Waals surface area contributed by atoms with Gasteiger partial charge in [-0.25, -0.2) is 4.79 Å². The van der Waals surface area contributed by atoms with Gasteiger partial charge in [-0.2, -0.15) is 0 Å². The summed E-state index contributed by atoms with van der Waals surface area (Å²) in [6, 6.07) is 8.85. The van der Waals surface area contributed by atoms with Gasteiger partial charge in [0.2, 0.25) is 0 Å². The van der Waals surface area contributed by atoms with E-state index in [4.69, 9.17) is 16.3 Å². The van der Waals surface area contributed by atoms with Crippen LogP contribution < -0.4 is 0 Å². The van der Waals surface area contributed by atoms with Gasteiger partial charge in [0.1, 0.15) is 22.5 Å². The first kappa shape index (κ1) is 17.9. The van der Waals surface area contributed by atoms with Crippen molar-refractivity contribution in [1.82, 2.24) is 15.0 Å². The highest BCUT2D eigenvalue weighted by atomic mass is 35.5. The quantitative estimate of drug-likeness (QED) is 0.546. The molecule has 0 atom stereocenters. The fourth-order valence-electron chi connectivity index (χ4n) is 2.55. The van der Waals surface area contributed by atoms with Gasteiger partial charge in [0.05, 0.1) is 6.61 Å². The van der Waals surface area contributed by atoms with Gasteiger partial charge >= 0.3 is 5.97 Å². The lowest BCUT2D eigenvalue weighted by molar-refractivity contribution is -0.138. The summed E-state index contributed by atoms with van der Waals surface area (Å²) in [5, 5.41) is 20.0. The van der Waals surface area contributed by atoms with Crippen LogP contribution in [0.4, 0.5) is 0 Å². The summed E-state index contributed by atoms with van der Waals surface area (Å²) < 4.78 is 5.11. The summed E-state index contributed by atoms with van der Waals surface area (Å²) in [7, 11) is 0. The van der Waals surface area contributed by atoms with Crippen LogP contribution in [0.2, 0.25) is 5.02 Å². The SMILES string of the molecule is C=C(C)C(=O)OCCc1cc(C)cc(-n2nc3ccc(Cl)cc3n2)c1O. The summed E-state index contributed by atoms with van der Waals surface area (Å²) in [4.78, 5) is 12.9. The van der Waals surface area contributed by atoms with E-state index in [9.17, 15) is 9.90 Å². The molecule has 1 heterocycles. The molecule has 0 saturated heterocycles.